The molecule has 5 heteroatoms. The SMILES string of the molecule is CCn1cc(NCc2cnn(-c3ccccc3)c2)cn1. The number of aromatic nitrogens is 4. The maximum atomic E-state index is 4.38. The molecule has 0 unspecified atom stereocenters. The summed E-state index contributed by atoms with van der Waals surface area (Å²) in [6, 6.07) is 10.1. The van der Waals surface area contributed by atoms with Gasteiger partial charge in [-0.2, -0.15) is 10.2 Å². The van der Waals surface area contributed by atoms with E-state index in [2.05, 4.69) is 22.4 Å². The van der Waals surface area contributed by atoms with Crippen molar-refractivity contribution in [2.24, 2.45) is 0 Å². The van der Waals surface area contributed by atoms with Crippen molar-refractivity contribution in [1.82, 2.24) is 19.6 Å². The molecule has 102 valence electrons. The molecule has 2 aromatic heterocycles. The Bertz CT molecular complexity index is 668. The maximum absolute atomic E-state index is 4.38. The highest BCUT2D eigenvalue weighted by atomic mass is 15.3. The van der Waals surface area contributed by atoms with Gasteiger partial charge in [0.1, 0.15) is 0 Å². The largest absolute Gasteiger partial charge is 0.378 e. The van der Waals surface area contributed by atoms with Gasteiger partial charge in [-0.3, -0.25) is 4.68 Å². The number of aryl methyl sites for hydroxylation is 1. The average molecular weight is 267 g/mol. The van der Waals surface area contributed by atoms with Crippen LogP contribution in [0.3, 0.4) is 0 Å². The van der Waals surface area contributed by atoms with E-state index in [0.29, 0.717) is 0 Å². The summed E-state index contributed by atoms with van der Waals surface area (Å²) >= 11 is 0. The van der Waals surface area contributed by atoms with Crippen molar-refractivity contribution in [1.29, 1.82) is 0 Å². The van der Waals surface area contributed by atoms with Crippen molar-refractivity contribution in [3.8, 4) is 5.69 Å². The zero-order chi connectivity index (χ0) is 13.8. The molecule has 3 aromatic rings. The summed E-state index contributed by atoms with van der Waals surface area (Å²) in [6.45, 7) is 3.69. The van der Waals surface area contributed by atoms with Crippen molar-refractivity contribution >= 4 is 5.69 Å². The smallest absolute Gasteiger partial charge is 0.0729 e. The van der Waals surface area contributed by atoms with Crippen LogP contribution in [-0.4, -0.2) is 19.6 Å². The van der Waals surface area contributed by atoms with Gasteiger partial charge < -0.3 is 5.32 Å². The van der Waals surface area contributed by atoms with Crippen molar-refractivity contribution < 1.29 is 0 Å². The summed E-state index contributed by atoms with van der Waals surface area (Å²) in [7, 11) is 0. The van der Waals surface area contributed by atoms with E-state index >= 15 is 0 Å². The zero-order valence-electron chi connectivity index (χ0n) is 11.4. The van der Waals surface area contributed by atoms with Crippen LogP contribution in [0.5, 0.6) is 0 Å². The summed E-state index contributed by atoms with van der Waals surface area (Å²) in [5, 5.41) is 12.0. The molecule has 0 fully saturated rings. The number of anilines is 1. The molecule has 0 atom stereocenters. The number of nitrogens with one attached hydrogen (secondary N) is 1. The van der Waals surface area contributed by atoms with Gasteiger partial charge in [0.15, 0.2) is 0 Å². The second kappa shape index (κ2) is 5.61. The van der Waals surface area contributed by atoms with Gasteiger partial charge in [-0.1, -0.05) is 18.2 Å². The predicted molar refractivity (Wildman–Crippen MR) is 78.8 cm³/mol. The molecule has 0 aliphatic rings. The third-order valence-electron chi connectivity index (χ3n) is 3.11. The van der Waals surface area contributed by atoms with E-state index in [0.717, 1.165) is 30.0 Å². The minimum Gasteiger partial charge on any atom is -0.378 e. The quantitative estimate of drug-likeness (QED) is 0.773. The van der Waals surface area contributed by atoms with Crippen LogP contribution in [0.25, 0.3) is 5.69 Å². The fraction of sp³-hybridized carbons (Fsp3) is 0.200. The Labute approximate surface area is 117 Å². The first-order chi connectivity index (χ1) is 9.85. The third kappa shape index (κ3) is 2.71. The molecule has 1 aromatic carbocycles. The number of benzene rings is 1. The summed E-state index contributed by atoms with van der Waals surface area (Å²) in [5.41, 5.74) is 3.23. The van der Waals surface area contributed by atoms with Crippen molar-refractivity contribution in [2.75, 3.05) is 5.32 Å². The minimum absolute atomic E-state index is 0.738. The molecule has 2 heterocycles. The number of nitrogens with zero attached hydrogens (tertiary/aromatic N) is 4. The van der Waals surface area contributed by atoms with Crippen molar-refractivity contribution in [3.63, 3.8) is 0 Å². The van der Waals surface area contributed by atoms with Crippen LogP contribution in [-0.2, 0) is 13.1 Å². The number of para-hydroxylation sites is 1. The topological polar surface area (TPSA) is 47.7 Å². The lowest BCUT2D eigenvalue weighted by Gasteiger charge is -2.01. The van der Waals surface area contributed by atoms with Gasteiger partial charge in [0, 0.05) is 31.0 Å². The summed E-state index contributed by atoms with van der Waals surface area (Å²) in [4.78, 5) is 0. The lowest BCUT2D eigenvalue weighted by Crippen LogP contribution is -1.98. The predicted octanol–water partition coefficient (Wildman–Crippen LogP) is 2.70. The Balaban J connectivity index is 1.65. The van der Waals surface area contributed by atoms with Crippen LogP contribution < -0.4 is 5.32 Å². The van der Waals surface area contributed by atoms with Crippen LogP contribution in [0.1, 0.15) is 12.5 Å². The standard InChI is InChI=1S/C15H17N5/c1-2-19-12-14(10-17-19)16-8-13-9-18-20(11-13)15-6-4-3-5-7-15/h3-7,9-12,16H,2,8H2,1H3. The van der Waals surface area contributed by atoms with Gasteiger partial charge in [0.2, 0.25) is 0 Å². The van der Waals surface area contributed by atoms with Gasteiger partial charge in [-0.05, 0) is 19.1 Å². The first kappa shape index (κ1) is 12.5. The Morgan fingerprint density at radius 3 is 2.65 bits per heavy atom. The van der Waals surface area contributed by atoms with Gasteiger partial charge in [-0.15, -0.1) is 0 Å². The molecule has 0 spiro atoms. The van der Waals surface area contributed by atoms with Gasteiger partial charge in [-0.25, -0.2) is 4.68 Å². The molecule has 0 aliphatic carbocycles. The lowest BCUT2D eigenvalue weighted by molar-refractivity contribution is 0.660. The van der Waals surface area contributed by atoms with Gasteiger partial charge in [0.05, 0.1) is 23.8 Å². The van der Waals surface area contributed by atoms with E-state index in [4.69, 9.17) is 0 Å². The van der Waals surface area contributed by atoms with E-state index in [-0.39, 0.29) is 0 Å². The Morgan fingerprint density at radius 2 is 1.90 bits per heavy atom. The normalized spacial score (nSPS) is 10.7. The van der Waals surface area contributed by atoms with E-state index in [1.54, 1.807) is 0 Å². The summed E-state index contributed by atoms with van der Waals surface area (Å²) < 4.78 is 3.78. The zero-order valence-corrected chi connectivity index (χ0v) is 11.4. The number of rotatable bonds is 5. The van der Waals surface area contributed by atoms with Gasteiger partial charge in [0.25, 0.3) is 0 Å². The first-order valence-electron chi connectivity index (χ1n) is 6.70. The minimum atomic E-state index is 0.738. The molecule has 0 saturated heterocycles. The van der Waals surface area contributed by atoms with Gasteiger partial charge >= 0.3 is 0 Å². The second-order valence-electron chi connectivity index (χ2n) is 4.57. The maximum Gasteiger partial charge on any atom is 0.0729 e. The Kier molecular flexibility index (Phi) is 3.50. The highest BCUT2D eigenvalue weighted by molar-refractivity contribution is 5.39. The fourth-order valence-corrected chi connectivity index (χ4v) is 2.01. The Morgan fingerprint density at radius 1 is 1.05 bits per heavy atom. The molecular weight excluding hydrogens is 250 g/mol. The van der Waals surface area contributed by atoms with E-state index in [9.17, 15) is 0 Å². The number of hydrogen-bond acceptors (Lipinski definition) is 3. The highest BCUT2D eigenvalue weighted by Crippen LogP contribution is 2.10. The third-order valence-corrected chi connectivity index (χ3v) is 3.11. The van der Waals surface area contributed by atoms with E-state index in [1.807, 2.05) is 64.5 Å². The molecule has 1 N–H and O–H groups in total. The van der Waals surface area contributed by atoms with Crippen LogP contribution in [0, 0.1) is 0 Å². The highest BCUT2D eigenvalue weighted by Gasteiger charge is 2.01. The van der Waals surface area contributed by atoms with Crippen LogP contribution in [0.15, 0.2) is 55.1 Å². The molecule has 0 saturated carbocycles. The molecule has 3 rings (SSSR count). The molecule has 0 bridgehead atoms. The Hall–Kier alpha value is -2.56. The van der Waals surface area contributed by atoms with Crippen LogP contribution in [0.4, 0.5) is 5.69 Å². The molecule has 0 amide bonds. The summed E-state index contributed by atoms with van der Waals surface area (Å²) in [6.07, 6.45) is 7.75. The second-order valence-corrected chi connectivity index (χ2v) is 4.57. The fourth-order valence-electron chi connectivity index (χ4n) is 2.01. The molecule has 0 aliphatic heterocycles. The monoisotopic (exact) mass is 267 g/mol. The van der Waals surface area contributed by atoms with E-state index < -0.39 is 0 Å². The molecular formula is C15H17N5. The number of hydrogen-bond donors (Lipinski definition) is 1. The van der Waals surface area contributed by atoms with Crippen molar-refractivity contribution in [2.45, 2.75) is 20.0 Å². The lowest BCUT2D eigenvalue weighted by atomic mass is 10.3. The molecule has 20 heavy (non-hydrogen) atoms. The average Bonchev–Trinajstić information content (AvgIpc) is 3.15. The van der Waals surface area contributed by atoms with E-state index in [1.165, 1.54) is 0 Å². The molecule has 5 nitrogen and oxygen atoms in total. The first-order valence-corrected chi connectivity index (χ1v) is 6.70. The van der Waals surface area contributed by atoms with Crippen LogP contribution in [0.2, 0.25) is 0 Å². The summed E-state index contributed by atoms with van der Waals surface area (Å²) in [5.74, 6) is 0. The van der Waals surface area contributed by atoms with Crippen LogP contribution >= 0.6 is 0 Å². The molecule has 0 radical (unpaired) electrons. The van der Waals surface area contributed by atoms with Crippen molar-refractivity contribution in [3.05, 3.63) is 60.7 Å².